The van der Waals surface area contributed by atoms with Gasteiger partial charge >= 0.3 is 0 Å². The van der Waals surface area contributed by atoms with E-state index in [0.717, 1.165) is 6.20 Å². The van der Waals surface area contributed by atoms with Crippen LogP contribution in [0.25, 0.3) is 11.1 Å². The maximum absolute atomic E-state index is 13.3. The van der Waals surface area contributed by atoms with Crippen molar-refractivity contribution in [3.8, 4) is 11.1 Å². The van der Waals surface area contributed by atoms with Crippen LogP contribution in [-0.4, -0.2) is 10.1 Å². The van der Waals surface area contributed by atoms with E-state index in [4.69, 9.17) is 5.11 Å². The second-order valence-electron chi connectivity index (χ2n) is 3.31. The zero-order valence-corrected chi connectivity index (χ0v) is 8.32. The molecule has 2 aromatic rings. The van der Waals surface area contributed by atoms with Crippen LogP contribution in [0.4, 0.5) is 8.78 Å². The minimum absolute atomic E-state index is 0.168. The summed E-state index contributed by atoms with van der Waals surface area (Å²) in [6, 6.07) is 5.60. The molecule has 0 aliphatic rings. The molecule has 0 atom stereocenters. The lowest BCUT2D eigenvalue weighted by Crippen LogP contribution is -1.95. The van der Waals surface area contributed by atoms with Gasteiger partial charge in [0.2, 0.25) is 0 Å². The minimum Gasteiger partial charge on any atom is -0.392 e. The van der Waals surface area contributed by atoms with Gasteiger partial charge in [-0.2, -0.15) is 0 Å². The van der Waals surface area contributed by atoms with Gasteiger partial charge in [0.05, 0.1) is 12.8 Å². The highest BCUT2D eigenvalue weighted by atomic mass is 19.1. The number of rotatable bonds is 2. The van der Waals surface area contributed by atoms with Crippen molar-refractivity contribution < 1.29 is 13.9 Å². The Bertz CT molecular complexity index is 497. The molecule has 16 heavy (non-hydrogen) atoms. The Morgan fingerprint density at radius 1 is 1.06 bits per heavy atom. The van der Waals surface area contributed by atoms with E-state index in [2.05, 4.69) is 4.98 Å². The van der Waals surface area contributed by atoms with Crippen LogP contribution in [0, 0.1) is 11.6 Å². The van der Waals surface area contributed by atoms with Crippen LogP contribution < -0.4 is 0 Å². The molecule has 0 bridgehead atoms. The lowest BCUT2D eigenvalue weighted by atomic mass is 10.0. The fourth-order valence-corrected chi connectivity index (χ4v) is 1.50. The van der Waals surface area contributed by atoms with Crippen LogP contribution in [0.3, 0.4) is 0 Å². The van der Waals surface area contributed by atoms with Crippen LogP contribution >= 0.6 is 0 Å². The molecule has 1 aromatic carbocycles. The summed E-state index contributed by atoms with van der Waals surface area (Å²) in [5.41, 5.74) is 1.27. The molecule has 2 rings (SSSR count). The zero-order chi connectivity index (χ0) is 11.5. The predicted molar refractivity (Wildman–Crippen MR) is 55.5 cm³/mol. The van der Waals surface area contributed by atoms with Crippen LogP contribution in [0.5, 0.6) is 0 Å². The van der Waals surface area contributed by atoms with E-state index >= 15 is 0 Å². The average molecular weight is 221 g/mol. The summed E-state index contributed by atoms with van der Waals surface area (Å²) >= 11 is 0. The Labute approximate surface area is 91.2 Å². The number of pyridine rings is 1. The first-order valence-electron chi connectivity index (χ1n) is 4.71. The molecule has 0 aliphatic carbocycles. The van der Waals surface area contributed by atoms with Gasteiger partial charge in [-0.05, 0) is 17.7 Å². The summed E-state index contributed by atoms with van der Waals surface area (Å²) in [5, 5.41) is 9.07. The highest BCUT2D eigenvalue weighted by molar-refractivity contribution is 5.66. The van der Waals surface area contributed by atoms with Crippen LogP contribution in [-0.2, 0) is 6.61 Å². The zero-order valence-electron chi connectivity index (χ0n) is 8.32. The van der Waals surface area contributed by atoms with Crippen molar-refractivity contribution in [2.45, 2.75) is 6.61 Å². The van der Waals surface area contributed by atoms with Crippen molar-refractivity contribution >= 4 is 0 Å². The summed E-state index contributed by atoms with van der Waals surface area (Å²) in [6.07, 6.45) is 2.49. The molecule has 0 fully saturated rings. The molecule has 0 saturated carbocycles. The van der Waals surface area contributed by atoms with Gasteiger partial charge in [0, 0.05) is 17.3 Å². The largest absolute Gasteiger partial charge is 0.392 e. The van der Waals surface area contributed by atoms with Crippen molar-refractivity contribution in [3.63, 3.8) is 0 Å². The number of halogens is 2. The first-order chi connectivity index (χ1) is 7.72. The molecule has 2 nitrogen and oxygen atoms in total. The molecule has 1 N–H and O–H groups in total. The van der Waals surface area contributed by atoms with Gasteiger partial charge in [0.25, 0.3) is 0 Å². The normalized spacial score (nSPS) is 10.4. The van der Waals surface area contributed by atoms with E-state index in [9.17, 15) is 8.78 Å². The smallest absolute Gasteiger partial charge is 0.147 e. The molecule has 0 spiro atoms. The van der Waals surface area contributed by atoms with Gasteiger partial charge in [-0.15, -0.1) is 0 Å². The van der Waals surface area contributed by atoms with Crippen LogP contribution in [0.1, 0.15) is 5.56 Å². The van der Waals surface area contributed by atoms with Crippen molar-refractivity contribution in [3.05, 3.63) is 53.9 Å². The van der Waals surface area contributed by atoms with E-state index in [1.807, 2.05) is 0 Å². The van der Waals surface area contributed by atoms with E-state index in [1.165, 1.54) is 30.5 Å². The maximum atomic E-state index is 13.3. The number of hydrogen-bond acceptors (Lipinski definition) is 2. The highest BCUT2D eigenvalue weighted by Crippen LogP contribution is 2.24. The monoisotopic (exact) mass is 221 g/mol. The van der Waals surface area contributed by atoms with Gasteiger partial charge in [0.1, 0.15) is 11.6 Å². The number of aliphatic hydroxyl groups excluding tert-OH is 1. The molecule has 0 unspecified atom stereocenters. The standard InChI is InChI=1S/C12H9F2NO/c13-9-3-1-8(2-4-9)10-5-15-6-12(14)11(10)7-16/h1-6,16H,7H2. The third-order valence-electron chi connectivity index (χ3n) is 2.32. The molecule has 0 amide bonds. The summed E-state index contributed by atoms with van der Waals surface area (Å²) in [6.45, 7) is -0.416. The van der Waals surface area contributed by atoms with E-state index in [1.54, 1.807) is 0 Å². The van der Waals surface area contributed by atoms with Crippen LogP contribution in [0.15, 0.2) is 36.7 Å². The molecule has 1 heterocycles. The first kappa shape index (κ1) is 10.7. The Kier molecular flexibility index (Phi) is 2.92. The van der Waals surface area contributed by atoms with Gasteiger partial charge < -0.3 is 5.11 Å². The number of nitrogens with zero attached hydrogens (tertiary/aromatic N) is 1. The van der Waals surface area contributed by atoms with Crippen LogP contribution in [0.2, 0.25) is 0 Å². The summed E-state index contributed by atoms with van der Waals surface area (Å²) in [4.78, 5) is 3.71. The highest BCUT2D eigenvalue weighted by Gasteiger charge is 2.09. The quantitative estimate of drug-likeness (QED) is 0.845. The molecule has 1 aromatic heterocycles. The third kappa shape index (κ3) is 1.92. The molecular weight excluding hydrogens is 212 g/mol. The van der Waals surface area contributed by atoms with Gasteiger partial charge in [-0.25, -0.2) is 8.78 Å². The van der Waals surface area contributed by atoms with Crippen molar-refractivity contribution in [1.29, 1.82) is 0 Å². The second-order valence-corrected chi connectivity index (χ2v) is 3.31. The van der Waals surface area contributed by atoms with Crippen molar-refractivity contribution in [1.82, 2.24) is 4.98 Å². The average Bonchev–Trinajstić information content (AvgIpc) is 2.30. The number of aliphatic hydroxyl groups is 1. The number of benzene rings is 1. The van der Waals surface area contributed by atoms with Crippen molar-refractivity contribution in [2.75, 3.05) is 0 Å². The molecule has 4 heteroatoms. The Hall–Kier alpha value is -1.81. The molecule has 0 saturated heterocycles. The van der Waals surface area contributed by atoms with Gasteiger partial charge in [0.15, 0.2) is 0 Å². The molecule has 0 aliphatic heterocycles. The predicted octanol–water partition coefficient (Wildman–Crippen LogP) is 2.52. The minimum atomic E-state index is -0.565. The molecule has 82 valence electrons. The first-order valence-corrected chi connectivity index (χ1v) is 4.71. The van der Waals surface area contributed by atoms with E-state index in [0.29, 0.717) is 11.1 Å². The van der Waals surface area contributed by atoms with Gasteiger partial charge in [-0.1, -0.05) is 12.1 Å². The maximum Gasteiger partial charge on any atom is 0.147 e. The van der Waals surface area contributed by atoms with E-state index in [-0.39, 0.29) is 11.4 Å². The lowest BCUT2D eigenvalue weighted by molar-refractivity contribution is 0.276. The summed E-state index contributed by atoms with van der Waals surface area (Å²) < 4.78 is 26.0. The Balaban J connectivity index is 2.55. The van der Waals surface area contributed by atoms with E-state index < -0.39 is 12.4 Å². The number of aromatic nitrogens is 1. The van der Waals surface area contributed by atoms with Gasteiger partial charge in [-0.3, -0.25) is 4.98 Å². The Morgan fingerprint density at radius 3 is 2.38 bits per heavy atom. The SMILES string of the molecule is OCc1c(F)cncc1-c1ccc(F)cc1. The number of hydrogen-bond donors (Lipinski definition) is 1. The fraction of sp³-hybridized carbons (Fsp3) is 0.0833. The lowest BCUT2D eigenvalue weighted by Gasteiger charge is -2.07. The molecule has 0 radical (unpaired) electrons. The fourth-order valence-electron chi connectivity index (χ4n) is 1.50. The summed E-state index contributed by atoms with van der Waals surface area (Å²) in [5.74, 6) is -0.928. The van der Waals surface area contributed by atoms with Crippen molar-refractivity contribution in [2.24, 2.45) is 0 Å². The Morgan fingerprint density at radius 2 is 1.75 bits per heavy atom. The molecular formula is C12H9F2NO. The topological polar surface area (TPSA) is 33.1 Å². The second kappa shape index (κ2) is 4.37. The third-order valence-corrected chi connectivity index (χ3v) is 2.32. The summed E-state index contributed by atoms with van der Waals surface area (Å²) in [7, 11) is 0.